The van der Waals surface area contributed by atoms with Gasteiger partial charge in [-0.15, -0.1) is 0 Å². The summed E-state index contributed by atoms with van der Waals surface area (Å²) < 4.78 is 5.42. The number of carbonyl (C=O) groups is 2. The lowest BCUT2D eigenvalue weighted by Crippen LogP contribution is -2.61. The molecule has 1 aromatic rings. The molecule has 0 spiro atoms. The number of piperazine rings is 1. The summed E-state index contributed by atoms with van der Waals surface area (Å²) in [4.78, 5) is 29.7. The van der Waals surface area contributed by atoms with Gasteiger partial charge in [-0.2, -0.15) is 0 Å². The van der Waals surface area contributed by atoms with Crippen LogP contribution in [-0.4, -0.2) is 52.1 Å². The van der Waals surface area contributed by atoms with Crippen LogP contribution in [-0.2, 0) is 4.79 Å². The number of furan rings is 1. The average Bonchev–Trinajstić information content (AvgIpc) is 3.13. The summed E-state index contributed by atoms with van der Waals surface area (Å²) in [5.74, 6) is 2.08. The summed E-state index contributed by atoms with van der Waals surface area (Å²) in [6, 6.07) is 3.43. The molecule has 2 heterocycles. The number of hydrogen-bond acceptors (Lipinski definition) is 3. The topological polar surface area (TPSA) is 53.8 Å². The standard InChI is InChI=1S/C20H25BrN2O3/c21-20-11-14-8-15(12-20)10-19(9-14,13-20)18(25)23-5-3-22(4-6-23)17(24)16-2-1-7-26-16/h1-2,7,14-15H,3-6,8-13H2. The molecule has 5 fully saturated rings. The Labute approximate surface area is 162 Å². The largest absolute Gasteiger partial charge is 0.459 e. The molecule has 1 saturated heterocycles. The molecule has 5 nitrogen and oxygen atoms in total. The van der Waals surface area contributed by atoms with Crippen molar-refractivity contribution in [2.24, 2.45) is 17.3 Å². The van der Waals surface area contributed by atoms with Gasteiger partial charge in [0.05, 0.1) is 11.7 Å². The Morgan fingerprint density at radius 2 is 1.69 bits per heavy atom. The van der Waals surface area contributed by atoms with Gasteiger partial charge in [0, 0.05) is 30.5 Å². The van der Waals surface area contributed by atoms with Gasteiger partial charge in [0.1, 0.15) is 0 Å². The van der Waals surface area contributed by atoms with E-state index in [0.29, 0.717) is 49.7 Å². The van der Waals surface area contributed by atoms with Crippen LogP contribution >= 0.6 is 15.9 Å². The number of alkyl halides is 1. The van der Waals surface area contributed by atoms with Crippen LogP contribution in [0.25, 0.3) is 0 Å². The highest BCUT2D eigenvalue weighted by molar-refractivity contribution is 9.10. The lowest BCUT2D eigenvalue weighted by Gasteiger charge is -2.60. The fourth-order valence-electron chi connectivity index (χ4n) is 6.41. The summed E-state index contributed by atoms with van der Waals surface area (Å²) in [7, 11) is 0. The zero-order valence-corrected chi connectivity index (χ0v) is 16.5. The summed E-state index contributed by atoms with van der Waals surface area (Å²) in [5, 5.41) is 0. The Bertz CT molecular complexity index is 709. The van der Waals surface area contributed by atoms with Crippen molar-refractivity contribution in [1.29, 1.82) is 0 Å². The monoisotopic (exact) mass is 420 g/mol. The molecule has 6 heteroatoms. The van der Waals surface area contributed by atoms with E-state index in [-0.39, 0.29) is 15.6 Å². The minimum Gasteiger partial charge on any atom is -0.459 e. The Balaban J connectivity index is 1.27. The molecule has 4 aliphatic carbocycles. The minimum atomic E-state index is -0.152. The second-order valence-corrected chi connectivity index (χ2v) is 10.6. The maximum absolute atomic E-state index is 13.5. The van der Waals surface area contributed by atoms with E-state index >= 15 is 0 Å². The van der Waals surface area contributed by atoms with Gasteiger partial charge in [0.25, 0.3) is 5.91 Å². The molecular weight excluding hydrogens is 396 g/mol. The van der Waals surface area contributed by atoms with Gasteiger partial charge >= 0.3 is 0 Å². The van der Waals surface area contributed by atoms with E-state index in [1.807, 2.05) is 4.90 Å². The van der Waals surface area contributed by atoms with Gasteiger partial charge in [-0.1, -0.05) is 15.9 Å². The van der Waals surface area contributed by atoms with Gasteiger partial charge in [-0.25, -0.2) is 0 Å². The van der Waals surface area contributed by atoms with Crippen LogP contribution < -0.4 is 0 Å². The van der Waals surface area contributed by atoms with Crippen LogP contribution in [0.3, 0.4) is 0 Å². The van der Waals surface area contributed by atoms with Gasteiger partial charge in [-0.3, -0.25) is 9.59 Å². The molecule has 5 aliphatic rings. The Hall–Kier alpha value is -1.30. The molecule has 2 amide bonds. The lowest BCUT2D eigenvalue weighted by molar-refractivity contribution is -0.157. The Morgan fingerprint density at radius 3 is 2.27 bits per heavy atom. The quantitative estimate of drug-likeness (QED) is 0.689. The van der Waals surface area contributed by atoms with Gasteiger partial charge in [-0.05, 0) is 62.5 Å². The molecule has 6 rings (SSSR count). The molecule has 1 aliphatic heterocycles. The smallest absolute Gasteiger partial charge is 0.289 e. The van der Waals surface area contributed by atoms with E-state index < -0.39 is 0 Å². The van der Waals surface area contributed by atoms with E-state index in [1.54, 1.807) is 17.0 Å². The molecule has 4 bridgehead atoms. The third kappa shape index (κ3) is 2.63. The summed E-state index contributed by atoms with van der Waals surface area (Å²) in [6.45, 7) is 2.45. The third-order valence-electron chi connectivity index (χ3n) is 7.03. The van der Waals surface area contributed by atoms with Crippen molar-refractivity contribution in [3.05, 3.63) is 24.2 Å². The normalized spacial score (nSPS) is 38.7. The van der Waals surface area contributed by atoms with Crippen LogP contribution in [0.2, 0.25) is 0 Å². The number of hydrogen-bond donors (Lipinski definition) is 0. The van der Waals surface area contributed by atoms with Crippen molar-refractivity contribution in [3.63, 3.8) is 0 Å². The van der Waals surface area contributed by atoms with E-state index in [9.17, 15) is 9.59 Å². The first-order chi connectivity index (χ1) is 12.5. The van der Waals surface area contributed by atoms with Gasteiger partial charge < -0.3 is 14.2 Å². The maximum Gasteiger partial charge on any atom is 0.289 e. The molecule has 1 aromatic heterocycles. The van der Waals surface area contributed by atoms with E-state index in [4.69, 9.17) is 4.42 Å². The number of amides is 2. The van der Waals surface area contributed by atoms with E-state index in [0.717, 1.165) is 19.3 Å². The van der Waals surface area contributed by atoms with Crippen LogP contribution in [0.15, 0.2) is 22.8 Å². The average molecular weight is 421 g/mol. The first kappa shape index (κ1) is 16.8. The van der Waals surface area contributed by atoms with Crippen LogP contribution in [0, 0.1) is 17.3 Å². The highest BCUT2D eigenvalue weighted by atomic mass is 79.9. The summed E-state index contributed by atoms with van der Waals surface area (Å²) in [5.41, 5.74) is -0.152. The van der Waals surface area contributed by atoms with Crippen molar-refractivity contribution in [2.45, 2.75) is 42.8 Å². The fourth-order valence-corrected chi connectivity index (χ4v) is 7.86. The highest BCUT2D eigenvalue weighted by Crippen LogP contribution is 2.64. The second-order valence-electron chi connectivity index (χ2n) is 8.95. The SMILES string of the molecule is O=C(c1ccco1)N1CCN(C(=O)C23CC4CC(CC(Br)(C4)C2)C3)CC1. The molecule has 0 N–H and O–H groups in total. The van der Waals surface area contributed by atoms with Crippen LogP contribution in [0.4, 0.5) is 0 Å². The lowest BCUT2D eigenvalue weighted by atomic mass is 9.49. The molecule has 140 valence electrons. The third-order valence-corrected chi connectivity index (χ3v) is 7.96. The molecule has 0 aromatic carbocycles. The van der Waals surface area contributed by atoms with E-state index in [2.05, 4.69) is 15.9 Å². The maximum atomic E-state index is 13.5. The molecule has 26 heavy (non-hydrogen) atoms. The van der Waals surface area contributed by atoms with Crippen molar-refractivity contribution in [1.82, 2.24) is 9.80 Å². The van der Waals surface area contributed by atoms with Gasteiger partial charge in [0.2, 0.25) is 5.91 Å². The minimum absolute atomic E-state index is 0.0729. The zero-order valence-electron chi connectivity index (χ0n) is 15.0. The Kier molecular flexibility index (Phi) is 3.79. The molecule has 4 saturated carbocycles. The van der Waals surface area contributed by atoms with Crippen LogP contribution in [0.1, 0.15) is 49.1 Å². The zero-order chi connectivity index (χ0) is 17.9. The van der Waals surface area contributed by atoms with Crippen molar-refractivity contribution < 1.29 is 14.0 Å². The van der Waals surface area contributed by atoms with Crippen molar-refractivity contribution in [3.8, 4) is 0 Å². The molecule has 2 atom stereocenters. The molecule has 2 unspecified atom stereocenters. The van der Waals surface area contributed by atoms with Crippen LogP contribution in [0.5, 0.6) is 0 Å². The first-order valence-electron chi connectivity index (χ1n) is 9.78. The predicted molar refractivity (Wildman–Crippen MR) is 100.0 cm³/mol. The fraction of sp³-hybridized carbons (Fsp3) is 0.700. The van der Waals surface area contributed by atoms with Gasteiger partial charge in [0.15, 0.2) is 5.76 Å². The van der Waals surface area contributed by atoms with Crippen molar-refractivity contribution >= 4 is 27.7 Å². The number of rotatable bonds is 2. The summed E-state index contributed by atoms with van der Waals surface area (Å²) >= 11 is 4.00. The number of halogens is 1. The highest BCUT2D eigenvalue weighted by Gasteiger charge is 2.60. The Morgan fingerprint density at radius 1 is 1.04 bits per heavy atom. The molecular formula is C20H25BrN2O3. The first-order valence-corrected chi connectivity index (χ1v) is 10.6. The number of carbonyl (C=O) groups excluding carboxylic acids is 2. The van der Waals surface area contributed by atoms with E-state index in [1.165, 1.54) is 25.5 Å². The predicted octanol–water partition coefficient (Wildman–Crippen LogP) is 3.30. The second kappa shape index (κ2) is 5.85. The molecule has 0 radical (unpaired) electrons. The van der Waals surface area contributed by atoms with Crippen molar-refractivity contribution in [2.75, 3.05) is 26.2 Å². The number of nitrogens with zero attached hydrogens (tertiary/aromatic N) is 2. The summed E-state index contributed by atoms with van der Waals surface area (Å²) in [6.07, 6.45) is 8.46.